The van der Waals surface area contributed by atoms with E-state index in [2.05, 4.69) is 19.1 Å². The van der Waals surface area contributed by atoms with Gasteiger partial charge in [0.15, 0.2) is 0 Å². The van der Waals surface area contributed by atoms with Crippen molar-refractivity contribution in [2.75, 3.05) is 0 Å². The monoisotopic (exact) mass is 266 g/mol. The average molecular weight is 266 g/mol. The van der Waals surface area contributed by atoms with Crippen molar-refractivity contribution >= 4 is 5.97 Å². The molecule has 0 fully saturated rings. The van der Waals surface area contributed by atoms with E-state index in [1.54, 1.807) is 0 Å². The molecule has 0 aliphatic heterocycles. The zero-order chi connectivity index (χ0) is 14.2. The minimum absolute atomic E-state index is 0.270. The molecule has 0 aromatic rings. The average Bonchev–Trinajstić information content (AvgIpc) is 2.39. The molecule has 0 heterocycles. The quantitative estimate of drug-likeness (QED) is 0.353. The number of carbonyl (C=O) groups is 1. The highest BCUT2D eigenvalue weighted by Gasteiger charge is 1.92. The van der Waals surface area contributed by atoms with Gasteiger partial charge >= 0.3 is 5.97 Å². The van der Waals surface area contributed by atoms with Crippen LogP contribution in [0, 0.1) is 0 Å². The highest BCUT2D eigenvalue weighted by Crippen LogP contribution is 2.08. The smallest absolute Gasteiger partial charge is 0.303 e. The van der Waals surface area contributed by atoms with Gasteiger partial charge in [-0.05, 0) is 25.7 Å². The zero-order valence-corrected chi connectivity index (χ0v) is 12.4. The third-order valence-electron chi connectivity index (χ3n) is 3.12. The molecule has 0 unspecified atom stereocenters. The maximum absolute atomic E-state index is 10.3. The number of rotatable bonds is 13. The number of unbranched alkanes of at least 4 members (excludes halogenated alkanes) is 8. The number of carboxylic acids is 1. The highest BCUT2D eigenvalue weighted by molar-refractivity contribution is 5.66. The zero-order valence-electron chi connectivity index (χ0n) is 12.4. The van der Waals surface area contributed by atoms with Crippen molar-refractivity contribution in [2.24, 2.45) is 0 Å². The lowest BCUT2D eigenvalue weighted by Crippen LogP contribution is -1.92. The second-order valence-electron chi connectivity index (χ2n) is 5.05. The fourth-order valence-electron chi connectivity index (χ4n) is 1.94. The first-order valence-corrected chi connectivity index (χ1v) is 7.80. The molecule has 0 atom stereocenters. The maximum Gasteiger partial charge on any atom is 0.303 e. The van der Waals surface area contributed by atoms with Crippen LogP contribution in [0.4, 0.5) is 0 Å². The summed E-state index contributed by atoms with van der Waals surface area (Å²) in [5.41, 5.74) is 0. The fourth-order valence-corrected chi connectivity index (χ4v) is 1.94. The van der Waals surface area contributed by atoms with E-state index in [0.29, 0.717) is 0 Å². The largest absolute Gasteiger partial charge is 0.481 e. The van der Waals surface area contributed by atoms with Crippen LogP contribution in [0.1, 0.15) is 77.6 Å². The van der Waals surface area contributed by atoms with Gasteiger partial charge < -0.3 is 5.11 Å². The molecule has 0 radical (unpaired) electrons. The van der Waals surface area contributed by atoms with Crippen LogP contribution < -0.4 is 0 Å². The SMILES string of the molecule is CCCCCCCCCC=CC=CCCCC(=O)O. The lowest BCUT2D eigenvalue weighted by atomic mass is 10.1. The summed E-state index contributed by atoms with van der Waals surface area (Å²) < 4.78 is 0. The lowest BCUT2D eigenvalue weighted by molar-refractivity contribution is -0.137. The van der Waals surface area contributed by atoms with E-state index in [1.165, 1.54) is 44.9 Å². The predicted octanol–water partition coefficient (Wildman–Crippen LogP) is 5.49. The Bertz CT molecular complexity index is 254. The molecule has 2 heteroatoms. The Balaban J connectivity index is 3.20. The predicted molar refractivity (Wildman–Crippen MR) is 82.4 cm³/mol. The molecule has 0 aliphatic carbocycles. The molecule has 0 aromatic carbocycles. The van der Waals surface area contributed by atoms with E-state index in [-0.39, 0.29) is 6.42 Å². The molecule has 0 spiro atoms. The maximum atomic E-state index is 10.3. The van der Waals surface area contributed by atoms with Crippen molar-refractivity contribution in [2.45, 2.75) is 77.6 Å². The summed E-state index contributed by atoms with van der Waals surface area (Å²) in [7, 11) is 0. The number of allylic oxidation sites excluding steroid dienone is 4. The molecular weight excluding hydrogens is 236 g/mol. The summed E-state index contributed by atoms with van der Waals surface area (Å²) in [5, 5.41) is 8.47. The first-order valence-electron chi connectivity index (χ1n) is 7.80. The lowest BCUT2D eigenvalue weighted by Gasteiger charge is -1.98. The van der Waals surface area contributed by atoms with Gasteiger partial charge in [-0.25, -0.2) is 0 Å². The van der Waals surface area contributed by atoms with Crippen LogP contribution in [-0.4, -0.2) is 11.1 Å². The topological polar surface area (TPSA) is 37.3 Å². The van der Waals surface area contributed by atoms with E-state index in [9.17, 15) is 4.79 Å². The number of aliphatic carboxylic acids is 1. The second-order valence-corrected chi connectivity index (χ2v) is 5.05. The molecule has 110 valence electrons. The number of hydrogen-bond donors (Lipinski definition) is 1. The molecule has 1 N–H and O–H groups in total. The molecule has 19 heavy (non-hydrogen) atoms. The van der Waals surface area contributed by atoms with Crippen molar-refractivity contribution in [3.63, 3.8) is 0 Å². The number of carboxylic acid groups (broad SMARTS) is 1. The van der Waals surface area contributed by atoms with Gasteiger partial charge in [0.25, 0.3) is 0 Å². The van der Waals surface area contributed by atoms with Gasteiger partial charge in [0, 0.05) is 6.42 Å². The third-order valence-corrected chi connectivity index (χ3v) is 3.12. The van der Waals surface area contributed by atoms with Crippen LogP contribution in [0.2, 0.25) is 0 Å². The van der Waals surface area contributed by atoms with Gasteiger partial charge in [-0.3, -0.25) is 4.79 Å². The minimum atomic E-state index is -0.706. The summed E-state index contributed by atoms with van der Waals surface area (Å²) in [6.45, 7) is 2.25. The Morgan fingerprint density at radius 2 is 1.37 bits per heavy atom. The first kappa shape index (κ1) is 17.9. The molecular formula is C17H30O2. The molecule has 0 saturated heterocycles. The van der Waals surface area contributed by atoms with Gasteiger partial charge in [0.05, 0.1) is 0 Å². The van der Waals surface area contributed by atoms with E-state index in [0.717, 1.165) is 19.3 Å². The van der Waals surface area contributed by atoms with E-state index in [1.807, 2.05) is 12.2 Å². The minimum Gasteiger partial charge on any atom is -0.481 e. The number of hydrogen-bond acceptors (Lipinski definition) is 1. The van der Waals surface area contributed by atoms with Crippen molar-refractivity contribution in [1.82, 2.24) is 0 Å². The van der Waals surface area contributed by atoms with Crippen molar-refractivity contribution in [3.8, 4) is 0 Å². The van der Waals surface area contributed by atoms with E-state index in [4.69, 9.17) is 5.11 Å². The summed E-state index contributed by atoms with van der Waals surface area (Å²) in [6.07, 6.45) is 20.9. The van der Waals surface area contributed by atoms with Gasteiger partial charge in [0.1, 0.15) is 0 Å². The highest BCUT2D eigenvalue weighted by atomic mass is 16.4. The summed E-state index contributed by atoms with van der Waals surface area (Å²) >= 11 is 0. The molecule has 0 bridgehead atoms. The van der Waals surface area contributed by atoms with Gasteiger partial charge in [0.2, 0.25) is 0 Å². The summed E-state index contributed by atoms with van der Waals surface area (Å²) in [4.78, 5) is 10.3. The summed E-state index contributed by atoms with van der Waals surface area (Å²) in [5.74, 6) is -0.706. The molecule has 2 nitrogen and oxygen atoms in total. The first-order chi connectivity index (χ1) is 9.27. The summed E-state index contributed by atoms with van der Waals surface area (Å²) in [6, 6.07) is 0. The fraction of sp³-hybridized carbons (Fsp3) is 0.706. The normalized spacial score (nSPS) is 11.6. The Hall–Kier alpha value is -1.05. The Morgan fingerprint density at radius 3 is 1.95 bits per heavy atom. The van der Waals surface area contributed by atoms with E-state index < -0.39 is 5.97 Å². The van der Waals surface area contributed by atoms with Crippen LogP contribution >= 0.6 is 0 Å². The Morgan fingerprint density at radius 1 is 0.842 bits per heavy atom. The van der Waals surface area contributed by atoms with Crippen LogP contribution in [0.3, 0.4) is 0 Å². The molecule has 0 rings (SSSR count). The van der Waals surface area contributed by atoms with Crippen LogP contribution in [0.5, 0.6) is 0 Å². The molecule has 0 aliphatic rings. The Kier molecular flexibility index (Phi) is 14.2. The third kappa shape index (κ3) is 16.9. The van der Waals surface area contributed by atoms with E-state index >= 15 is 0 Å². The van der Waals surface area contributed by atoms with Crippen LogP contribution in [-0.2, 0) is 4.79 Å². The molecule has 0 saturated carbocycles. The van der Waals surface area contributed by atoms with Gasteiger partial charge in [-0.2, -0.15) is 0 Å². The van der Waals surface area contributed by atoms with Crippen molar-refractivity contribution < 1.29 is 9.90 Å². The van der Waals surface area contributed by atoms with Crippen LogP contribution in [0.25, 0.3) is 0 Å². The Labute approximate surface area is 118 Å². The van der Waals surface area contributed by atoms with Crippen molar-refractivity contribution in [1.29, 1.82) is 0 Å². The van der Waals surface area contributed by atoms with Gasteiger partial charge in [-0.15, -0.1) is 0 Å². The van der Waals surface area contributed by atoms with Gasteiger partial charge in [-0.1, -0.05) is 69.8 Å². The van der Waals surface area contributed by atoms with Crippen LogP contribution in [0.15, 0.2) is 24.3 Å². The molecule has 0 aromatic heterocycles. The standard InChI is InChI=1S/C17H30O2/c1-2-3-4-5-6-7-8-9-10-11-12-13-14-15-16-17(18)19/h10-13H,2-9,14-16H2,1H3,(H,18,19). The molecule has 0 amide bonds. The van der Waals surface area contributed by atoms with Crippen molar-refractivity contribution in [3.05, 3.63) is 24.3 Å². The second kappa shape index (κ2) is 15.0.